The van der Waals surface area contributed by atoms with Gasteiger partial charge in [-0.1, -0.05) is 47.5 Å². The van der Waals surface area contributed by atoms with Crippen LogP contribution in [0.1, 0.15) is 5.56 Å². The summed E-state index contributed by atoms with van der Waals surface area (Å²) in [5, 5.41) is 12.2. The molecule has 3 N–H and O–H groups in total. The fourth-order valence-corrected chi connectivity index (χ4v) is 4.37. The first-order valence-corrected chi connectivity index (χ1v) is 12.1. The quantitative estimate of drug-likeness (QED) is 0.370. The second-order valence-electron chi connectivity index (χ2n) is 7.13. The van der Waals surface area contributed by atoms with Crippen molar-refractivity contribution in [2.24, 2.45) is 0 Å². The average Bonchev–Trinajstić information content (AvgIpc) is 2.78. The zero-order chi connectivity index (χ0) is 24.7. The van der Waals surface area contributed by atoms with E-state index in [1.807, 2.05) is 0 Å². The predicted molar refractivity (Wildman–Crippen MR) is 129 cm³/mol. The monoisotopic (exact) mass is 522 g/mol. The van der Waals surface area contributed by atoms with Crippen molar-refractivity contribution in [3.63, 3.8) is 0 Å². The molecule has 3 rings (SSSR count). The molecule has 0 aliphatic rings. The van der Waals surface area contributed by atoms with Crippen LogP contribution in [0.5, 0.6) is 5.75 Å². The van der Waals surface area contributed by atoms with E-state index in [2.05, 4.69) is 10.0 Å². The van der Waals surface area contributed by atoms with Crippen LogP contribution in [0.15, 0.2) is 77.7 Å². The number of rotatable bonds is 10. The van der Waals surface area contributed by atoms with Crippen molar-refractivity contribution in [3.8, 4) is 5.75 Å². The van der Waals surface area contributed by atoms with Crippen LogP contribution < -0.4 is 14.8 Å². The molecule has 0 unspecified atom stereocenters. The number of anilines is 1. The highest BCUT2D eigenvalue weighted by Crippen LogP contribution is 2.23. The van der Waals surface area contributed by atoms with Gasteiger partial charge < -0.3 is 15.2 Å². The van der Waals surface area contributed by atoms with E-state index >= 15 is 0 Å². The standard InChI is InChI=1S/C23H20Cl2N2O6S/c24-16-7-11-18(12-8-16)34(31,32)27-20(14-33-21-4-2-1-3-19(21)25)23(30)26-17-9-5-15(6-10-17)13-22(28)29/h1-12,20,27H,13-14H2,(H,26,30)(H,28,29)/t20-/m0/s1. The van der Waals surface area contributed by atoms with Gasteiger partial charge in [-0.05, 0) is 54.1 Å². The first-order valence-electron chi connectivity index (χ1n) is 9.91. The molecule has 178 valence electrons. The molecule has 0 heterocycles. The van der Waals surface area contributed by atoms with Crippen LogP contribution in [0.4, 0.5) is 5.69 Å². The number of hydrogen-bond donors (Lipinski definition) is 3. The summed E-state index contributed by atoms with van der Waals surface area (Å²) in [5.74, 6) is -1.38. The Hall–Kier alpha value is -3.11. The first-order chi connectivity index (χ1) is 16.1. The lowest BCUT2D eigenvalue weighted by atomic mass is 10.1. The number of para-hydroxylation sites is 1. The summed E-state index contributed by atoms with van der Waals surface area (Å²) in [7, 11) is -4.10. The van der Waals surface area contributed by atoms with Gasteiger partial charge >= 0.3 is 5.97 Å². The van der Waals surface area contributed by atoms with Gasteiger partial charge in [-0.3, -0.25) is 9.59 Å². The second kappa shape index (κ2) is 11.3. The Morgan fingerprint density at radius 3 is 2.21 bits per heavy atom. The van der Waals surface area contributed by atoms with Gasteiger partial charge in [-0.2, -0.15) is 4.72 Å². The molecule has 3 aromatic rings. The molecule has 0 saturated heterocycles. The fourth-order valence-electron chi connectivity index (χ4n) is 2.88. The van der Waals surface area contributed by atoms with E-state index in [-0.39, 0.29) is 23.7 Å². The Kier molecular flexibility index (Phi) is 8.51. The number of benzene rings is 3. The minimum absolute atomic E-state index is 0.0783. The molecule has 0 spiro atoms. The molecule has 1 atom stereocenters. The molecular formula is C23H20Cl2N2O6S. The summed E-state index contributed by atoms with van der Waals surface area (Å²) in [6.07, 6.45) is -0.163. The molecule has 3 aromatic carbocycles. The number of carboxylic acid groups (broad SMARTS) is 1. The SMILES string of the molecule is O=C(O)Cc1ccc(NC(=O)[C@H](COc2ccccc2Cl)NS(=O)(=O)c2ccc(Cl)cc2)cc1. The lowest BCUT2D eigenvalue weighted by Gasteiger charge is -2.20. The highest BCUT2D eigenvalue weighted by molar-refractivity contribution is 7.89. The largest absolute Gasteiger partial charge is 0.490 e. The number of aliphatic carboxylic acids is 1. The third-order valence-electron chi connectivity index (χ3n) is 4.56. The molecule has 0 aliphatic heterocycles. The maximum Gasteiger partial charge on any atom is 0.307 e. The Morgan fingerprint density at radius 2 is 1.59 bits per heavy atom. The molecule has 0 radical (unpaired) electrons. The van der Waals surface area contributed by atoms with Gasteiger partial charge in [0.25, 0.3) is 0 Å². The number of carbonyl (C=O) groups is 2. The Bertz CT molecular complexity index is 1270. The van der Waals surface area contributed by atoms with Crippen molar-refractivity contribution < 1.29 is 27.9 Å². The second-order valence-corrected chi connectivity index (χ2v) is 9.68. The molecule has 34 heavy (non-hydrogen) atoms. The van der Waals surface area contributed by atoms with Crippen molar-refractivity contribution in [2.45, 2.75) is 17.4 Å². The smallest absolute Gasteiger partial charge is 0.307 e. The number of ether oxygens (including phenoxy) is 1. The van der Waals surface area contributed by atoms with E-state index in [0.29, 0.717) is 21.3 Å². The van der Waals surface area contributed by atoms with Gasteiger partial charge in [-0.25, -0.2) is 8.42 Å². The third-order valence-corrected chi connectivity index (χ3v) is 6.61. The summed E-state index contributed by atoms with van der Waals surface area (Å²) in [5.41, 5.74) is 0.903. The maximum absolute atomic E-state index is 13.0. The Balaban J connectivity index is 1.79. The van der Waals surface area contributed by atoms with Gasteiger partial charge in [-0.15, -0.1) is 0 Å². The van der Waals surface area contributed by atoms with Crippen LogP contribution in [0, 0.1) is 0 Å². The van der Waals surface area contributed by atoms with Gasteiger partial charge in [0.1, 0.15) is 18.4 Å². The van der Waals surface area contributed by atoms with E-state index in [1.165, 1.54) is 36.4 Å². The Morgan fingerprint density at radius 1 is 0.941 bits per heavy atom. The normalized spacial score (nSPS) is 12.1. The van der Waals surface area contributed by atoms with Crippen LogP contribution in [0.25, 0.3) is 0 Å². The van der Waals surface area contributed by atoms with Crippen molar-refractivity contribution >= 4 is 50.8 Å². The van der Waals surface area contributed by atoms with Crippen molar-refractivity contribution in [1.29, 1.82) is 0 Å². The number of sulfonamides is 1. The van der Waals surface area contributed by atoms with Crippen LogP contribution >= 0.6 is 23.2 Å². The number of amides is 1. The van der Waals surface area contributed by atoms with Crippen LogP contribution in [0.3, 0.4) is 0 Å². The molecule has 11 heteroatoms. The zero-order valence-electron chi connectivity index (χ0n) is 17.6. The summed E-state index contributed by atoms with van der Waals surface area (Å²) >= 11 is 11.9. The van der Waals surface area contributed by atoms with E-state index in [1.54, 1.807) is 36.4 Å². The summed E-state index contributed by atoms with van der Waals surface area (Å²) in [4.78, 5) is 23.7. The molecule has 0 bridgehead atoms. The molecule has 0 saturated carbocycles. The van der Waals surface area contributed by atoms with Gasteiger partial charge in [0, 0.05) is 10.7 Å². The highest BCUT2D eigenvalue weighted by Gasteiger charge is 2.27. The van der Waals surface area contributed by atoms with Crippen LogP contribution in [0.2, 0.25) is 10.0 Å². The molecule has 8 nitrogen and oxygen atoms in total. The minimum atomic E-state index is -4.10. The molecule has 0 fully saturated rings. The van der Waals surface area contributed by atoms with E-state index in [4.69, 9.17) is 33.0 Å². The highest BCUT2D eigenvalue weighted by atomic mass is 35.5. The third kappa shape index (κ3) is 7.19. The maximum atomic E-state index is 13.0. The summed E-state index contributed by atoms with van der Waals surface area (Å²) < 4.78 is 33.7. The average molecular weight is 523 g/mol. The Labute approximate surface area is 206 Å². The summed E-state index contributed by atoms with van der Waals surface area (Å²) in [6, 6.07) is 16.9. The summed E-state index contributed by atoms with van der Waals surface area (Å²) in [6.45, 7) is -0.348. The molecule has 1 amide bonds. The number of nitrogens with one attached hydrogen (secondary N) is 2. The number of carboxylic acids is 1. The number of halogens is 2. The molecule has 0 aromatic heterocycles. The van der Waals surface area contributed by atoms with Gasteiger partial charge in [0.2, 0.25) is 15.9 Å². The number of carbonyl (C=O) groups excluding carboxylic acids is 1. The zero-order valence-corrected chi connectivity index (χ0v) is 19.9. The predicted octanol–water partition coefficient (Wildman–Crippen LogP) is 3.99. The molecular weight excluding hydrogens is 503 g/mol. The van der Waals surface area contributed by atoms with E-state index < -0.39 is 27.9 Å². The topological polar surface area (TPSA) is 122 Å². The minimum Gasteiger partial charge on any atom is -0.490 e. The van der Waals surface area contributed by atoms with Crippen LogP contribution in [-0.2, 0) is 26.0 Å². The van der Waals surface area contributed by atoms with Crippen LogP contribution in [-0.4, -0.2) is 38.0 Å². The van der Waals surface area contributed by atoms with E-state index in [9.17, 15) is 18.0 Å². The van der Waals surface area contributed by atoms with Crippen molar-refractivity contribution in [1.82, 2.24) is 4.72 Å². The number of hydrogen-bond acceptors (Lipinski definition) is 5. The van der Waals surface area contributed by atoms with E-state index in [0.717, 1.165) is 0 Å². The fraction of sp³-hybridized carbons (Fsp3) is 0.130. The first kappa shape index (κ1) is 25.5. The molecule has 0 aliphatic carbocycles. The lowest BCUT2D eigenvalue weighted by molar-refractivity contribution is -0.136. The van der Waals surface area contributed by atoms with Crippen molar-refractivity contribution in [2.75, 3.05) is 11.9 Å². The lowest BCUT2D eigenvalue weighted by Crippen LogP contribution is -2.47. The van der Waals surface area contributed by atoms with Gasteiger partial charge in [0.05, 0.1) is 16.3 Å². The van der Waals surface area contributed by atoms with Gasteiger partial charge in [0.15, 0.2) is 0 Å². The van der Waals surface area contributed by atoms with Crippen molar-refractivity contribution in [3.05, 3.63) is 88.4 Å².